The molecule has 0 radical (unpaired) electrons. The lowest BCUT2D eigenvalue weighted by Crippen LogP contribution is -2.40. The molecule has 41 heavy (non-hydrogen) atoms. The van der Waals surface area contributed by atoms with Crippen molar-refractivity contribution in [1.29, 1.82) is 0 Å². The number of hydrogen-bond donors (Lipinski definition) is 4. The van der Waals surface area contributed by atoms with E-state index in [0.717, 1.165) is 37.9 Å². The van der Waals surface area contributed by atoms with Crippen LogP contribution in [0.3, 0.4) is 0 Å². The first-order valence-electron chi connectivity index (χ1n) is 13.7. The van der Waals surface area contributed by atoms with E-state index in [9.17, 15) is 18.7 Å². The molecular formula is C26H41ClN4O8P2. The van der Waals surface area contributed by atoms with E-state index in [1.54, 1.807) is 29.3 Å². The fraction of sp³-hybridized carbons (Fsp3) is 0.577. The smallest absolute Gasteiger partial charge is 0.414 e. The summed E-state index contributed by atoms with van der Waals surface area (Å²) in [6.07, 6.45) is 2.57. The van der Waals surface area contributed by atoms with Crippen LogP contribution in [0.25, 0.3) is 10.9 Å². The third-order valence-electron chi connectivity index (χ3n) is 6.77. The van der Waals surface area contributed by atoms with Gasteiger partial charge in [-0.1, -0.05) is 25.4 Å². The van der Waals surface area contributed by atoms with Gasteiger partial charge in [0.15, 0.2) is 0 Å². The highest BCUT2D eigenvalue weighted by molar-refractivity contribution is 7.65. The predicted octanol–water partition coefficient (Wildman–Crippen LogP) is 4.60. The molecule has 1 aromatic heterocycles. The molecule has 1 aromatic carbocycles. The Bertz CT molecular complexity index is 1230. The quantitative estimate of drug-likeness (QED) is 0.142. The number of benzene rings is 1. The SMILES string of the molecule is CCN(CC)CCCC(C)N(C(=O)OCCCC(=O)NCCC([PH](=O)O)P(=O)(O)O)c1ccnc2cc(Cl)ccc12. The molecule has 0 aliphatic heterocycles. The zero-order valence-corrected chi connectivity index (χ0v) is 26.3. The number of ether oxygens (including phenoxy) is 1. The van der Waals surface area contributed by atoms with Gasteiger partial charge in [0, 0.05) is 35.6 Å². The van der Waals surface area contributed by atoms with E-state index in [1.165, 1.54) is 0 Å². The van der Waals surface area contributed by atoms with Gasteiger partial charge in [-0.15, -0.1) is 0 Å². The van der Waals surface area contributed by atoms with Crippen molar-refractivity contribution in [3.8, 4) is 0 Å². The molecule has 1 heterocycles. The van der Waals surface area contributed by atoms with Crippen molar-refractivity contribution < 1.29 is 38.1 Å². The Hall–Kier alpha value is -2.04. The number of anilines is 1. The monoisotopic (exact) mass is 634 g/mol. The van der Waals surface area contributed by atoms with Crippen molar-refractivity contribution in [1.82, 2.24) is 15.2 Å². The van der Waals surface area contributed by atoms with Crippen LogP contribution >= 0.6 is 27.2 Å². The topological polar surface area (TPSA) is 170 Å². The maximum absolute atomic E-state index is 13.4. The zero-order valence-electron chi connectivity index (χ0n) is 23.7. The van der Waals surface area contributed by atoms with Crippen molar-refractivity contribution >= 4 is 55.8 Å². The number of nitrogens with one attached hydrogen (secondary N) is 1. The number of rotatable bonds is 17. The van der Waals surface area contributed by atoms with Gasteiger partial charge in [0.25, 0.3) is 0 Å². The second-order valence-corrected chi connectivity index (χ2v) is 13.8. The summed E-state index contributed by atoms with van der Waals surface area (Å²) in [6, 6.07) is 6.86. The van der Waals surface area contributed by atoms with Gasteiger partial charge in [-0.2, -0.15) is 0 Å². The Morgan fingerprint density at radius 2 is 1.88 bits per heavy atom. The van der Waals surface area contributed by atoms with Gasteiger partial charge in [0.1, 0.15) is 5.40 Å². The van der Waals surface area contributed by atoms with Gasteiger partial charge in [-0.05, 0) is 76.5 Å². The second kappa shape index (κ2) is 17.2. The van der Waals surface area contributed by atoms with Gasteiger partial charge < -0.3 is 29.6 Å². The molecule has 15 heteroatoms. The van der Waals surface area contributed by atoms with Crippen molar-refractivity contribution in [2.45, 2.75) is 64.3 Å². The Kier molecular flexibility index (Phi) is 14.7. The summed E-state index contributed by atoms with van der Waals surface area (Å²) in [4.78, 5) is 61.3. The summed E-state index contributed by atoms with van der Waals surface area (Å²) in [5, 5.41) is 2.06. The lowest BCUT2D eigenvalue weighted by molar-refractivity contribution is -0.121. The number of pyridine rings is 1. The fourth-order valence-electron chi connectivity index (χ4n) is 4.45. The minimum absolute atomic E-state index is 0.00171. The van der Waals surface area contributed by atoms with E-state index in [2.05, 4.69) is 29.0 Å². The van der Waals surface area contributed by atoms with Crippen LogP contribution in [0, 0.1) is 0 Å². The molecule has 0 aliphatic carbocycles. The van der Waals surface area contributed by atoms with Crippen LogP contribution in [0.4, 0.5) is 10.5 Å². The summed E-state index contributed by atoms with van der Waals surface area (Å²) < 4.78 is 28.1. The lowest BCUT2D eigenvalue weighted by Gasteiger charge is -2.30. The zero-order chi connectivity index (χ0) is 30.6. The average Bonchev–Trinajstić information content (AvgIpc) is 2.90. The van der Waals surface area contributed by atoms with Crippen molar-refractivity contribution in [3.63, 3.8) is 0 Å². The number of amides is 2. The predicted molar refractivity (Wildman–Crippen MR) is 161 cm³/mol. The minimum atomic E-state index is -4.75. The number of hydrogen-bond acceptors (Lipinski definition) is 7. The molecule has 0 aliphatic rings. The molecule has 2 aromatic rings. The molecule has 0 saturated carbocycles. The molecule has 3 atom stereocenters. The molecule has 0 bridgehead atoms. The molecular weight excluding hydrogens is 594 g/mol. The van der Waals surface area contributed by atoms with Gasteiger partial charge in [-0.3, -0.25) is 23.8 Å². The molecule has 0 saturated heterocycles. The van der Waals surface area contributed by atoms with E-state index in [1.807, 2.05) is 13.0 Å². The second-order valence-electron chi connectivity index (χ2n) is 9.68. The average molecular weight is 635 g/mol. The number of carbonyl (C=O) groups is 2. The third-order valence-corrected chi connectivity index (χ3v) is 10.6. The van der Waals surface area contributed by atoms with Crippen LogP contribution in [-0.4, -0.2) is 80.8 Å². The number of aromatic nitrogens is 1. The Labute approximate surface area is 246 Å². The summed E-state index contributed by atoms with van der Waals surface area (Å²) in [7, 11) is -8.21. The van der Waals surface area contributed by atoms with Crippen LogP contribution in [0.15, 0.2) is 30.5 Å². The standard InChI is InChI=1S/C26H41ClN4O8P2/c1-4-30(5-2)16-6-8-19(3)31(23-12-14-28-22-18-20(27)10-11-21(22)23)26(33)39-17-7-9-24(32)29-15-13-25(40(34)35)41(36,37)38/h10-12,14,18-19,25,40H,4-9,13,15-17H2,1-3H3,(H,29,32)(H,34,35)(H2,36,37,38). The maximum atomic E-state index is 13.4. The molecule has 2 rings (SSSR count). The molecule has 4 N–H and O–H groups in total. The number of nitrogens with zero attached hydrogens (tertiary/aromatic N) is 3. The van der Waals surface area contributed by atoms with Gasteiger partial charge in [0.05, 0.1) is 17.8 Å². The van der Waals surface area contributed by atoms with Crippen LogP contribution < -0.4 is 10.2 Å². The largest absolute Gasteiger partial charge is 0.449 e. The molecule has 2 amide bonds. The fourth-order valence-corrected chi connectivity index (χ4v) is 6.62. The lowest BCUT2D eigenvalue weighted by atomic mass is 10.1. The Morgan fingerprint density at radius 3 is 2.51 bits per heavy atom. The van der Waals surface area contributed by atoms with Crippen LogP contribution in [0.5, 0.6) is 0 Å². The summed E-state index contributed by atoms with van der Waals surface area (Å²) in [5.74, 6) is -0.429. The van der Waals surface area contributed by atoms with Gasteiger partial charge in [-0.25, -0.2) is 4.79 Å². The molecule has 3 unspecified atom stereocenters. The number of fused-ring (bicyclic) bond motifs is 1. The highest BCUT2D eigenvalue weighted by Crippen LogP contribution is 2.53. The summed E-state index contributed by atoms with van der Waals surface area (Å²) >= 11 is 6.15. The van der Waals surface area contributed by atoms with Crippen molar-refractivity contribution in [2.24, 2.45) is 0 Å². The van der Waals surface area contributed by atoms with E-state index < -0.39 is 33.0 Å². The first kappa shape index (κ1) is 35.2. The molecule has 0 spiro atoms. The number of carbonyl (C=O) groups excluding carboxylic acids is 2. The first-order valence-corrected chi connectivity index (χ1v) is 17.2. The van der Waals surface area contributed by atoms with Crippen molar-refractivity contribution in [3.05, 3.63) is 35.5 Å². The van der Waals surface area contributed by atoms with Crippen LogP contribution in [0.2, 0.25) is 5.02 Å². The molecule has 0 fully saturated rings. The van der Waals surface area contributed by atoms with Crippen LogP contribution in [0.1, 0.15) is 52.9 Å². The van der Waals surface area contributed by atoms with E-state index >= 15 is 0 Å². The van der Waals surface area contributed by atoms with E-state index in [4.69, 9.17) is 31.0 Å². The summed E-state index contributed by atoms with van der Waals surface area (Å²) in [6.45, 7) is 8.81. The summed E-state index contributed by atoms with van der Waals surface area (Å²) in [5.41, 5.74) is 1.29. The highest BCUT2D eigenvalue weighted by atomic mass is 35.5. The third kappa shape index (κ3) is 11.3. The Morgan fingerprint density at radius 1 is 1.17 bits per heavy atom. The van der Waals surface area contributed by atoms with Gasteiger partial charge in [0.2, 0.25) is 13.9 Å². The highest BCUT2D eigenvalue weighted by Gasteiger charge is 2.33. The normalized spacial score (nSPS) is 14.0. The number of halogens is 1. The van der Waals surface area contributed by atoms with Crippen LogP contribution in [-0.2, 0) is 18.7 Å². The van der Waals surface area contributed by atoms with E-state index in [-0.39, 0.29) is 38.5 Å². The van der Waals surface area contributed by atoms with Crippen molar-refractivity contribution in [2.75, 3.05) is 37.7 Å². The molecule has 230 valence electrons. The van der Waals surface area contributed by atoms with E-state index in [0.29, 0.717) is 16.2 Å². The van der Waals surface area contributed by atoms with Gasteiger partial charge >= 0.3 is 13.7 Å². The first-order chi connectivity index (χ1) is 19.4. The maximum Gasteiger partial charge on any atom is 0.414 e. The minimum Gasteiger partial charge on any atom is -0.449 e. The Balaban J connectivity index is 2.01. The molecule has 12 nitrogen and oxygen atoms in total.